The third kappa shape index (κ3) is 7.16. The van der Waals surface area contributed by atoms with Gasteiger partial charge in [0.25, 0.3) is 0 Å². The van der Waals surface area contributed by atoms with Gasteiger partial charge in [-0.05, 0) is 77.9 Å². The Kier molecular flexibility index (Phi) is 9.83. The molecule has 1 aliphatic carbocycles. The number of halogens is 1. The Morgan fingerprint density at radius 3 is 2.25 bits per heavy atom. The monoisotopic (exact) mass is 712 g/mol. The average Bonchev–Trinajstić information content (AvgIpc) is 3.15. The van der Waals surface area contributed by atoms with Gasteiger partial charge in [0.2, 0.25) is 5.43 Å². The van der Waals surface area contributed by atoms with Gasteiger partial charge >= 0.3 is 5.97 Å². The van der Waals surface area contributed by atoms with Gasteiger partial charge < -0.3 is 24.7 Å². The first kappa shape index (κ1) is 34.2. The van der Waals surface area contributed by atoms with E-state index >= 15 is 0 Å². The van der Waals surface area contributed by atoms with E-state index in [-0.39, 0.29) is 28.6 Å². The number of hydrogen-bond donors (Lipinski definition) is 3. The van der Waals surface area contributed by atoms with E-state index in [0.29, 0.717) is 58.6 Å². The van der Waals surface area contributed by atoms with Crippen LogP contribution in [0.5, 0.6) is 11.5 Å². The van der Waals surface area contributed by atoms with Gasteiger partial charge in [-0.3, -0.25) is 19.7 Å². The maximum absolute atomic E-state index is 12.7. The molecule has 0 saturated heterocycles. The minimum absolute atomic E-state index is 0.0241. The van der Waals surface area contributed by atoms with Crippen LogP contribution in [-0.2, 0) is 26.2 Å². The van der Waals surface area contributed by atoms with Crippen LogP contribution in [-0.4, -0.2) is 38.2 Å². The minimum atomic E-state index is -1.11. The lowest BCUT2D eigenvalue weighted by Gasteiger charge is -2.24. The average molecular weight is 713 g/mol. The Balaban J connectivity index is 1.30. The Morgan fingerprint density at radius 2 is 1.58 bits per heavy atom. The quantitative estimate of drug-likeness (QED) is 0.106. The maximum Gasteiger partial charge on any atom is 0.336 e. The molecule has 260 valence electrons. The summed E-state index contributed by atoms with van der Waals surface area (Å²) in [5, 5.41) is 25.4. The highest BCUT2D eigenvalue weighted by Gasteiger charge is 2.25. The van der Waals surface area contributed by atoms with E-state index in [1.165, 1.54) is 18.2 Å². The second-order valence-corrected chi connectivity index (χ2v) is 12.6. The molecular weight excluding hydrogens is 680 g/mol. The largest absolute Gasteiger partial charge is 0.507 e. The van der Waals surface area contributed by atoms with Crippen LogP contribution >= 0.6 is 11.6 Å². The van der Waals surface area contributed by atoms with E-state index in [2.05, 4.69) is 20.2 Å². The number of hydrogen-bond acceptors (Lipinski definition) is 9. The smallest absolute Gasteiger partial charge is 0.336 e. The van der Waals surface area contributed by atoms with E-state index in [4.69, 9.17) is 20.8 Å². The third-order valence-electron chi connectivity index (χ3n) is 8.83. The number of nitrogens with zero attached hydrogens (tertiary/aromatic N) is 3. The van der Waals surface area contributed by atoms with Crippen molar-refractivity contribution in [2.75, 3.05) is 12.4 Å². The number of carboxylic acid groups (broad SMARTS) is 1. The van der Waals surface area contributed by atoms with Crippen molar-refractivity contribution in [1.29, 1.82) is 0 Å². The van der Waals surface area contributed by atoms with Crippen molar-refractivity contribution in [3.05, 3.63) is 159 Å². The van der Waals surface area contributed by atoms with Gasteiger partial charge in [0.1, 0.15) is 22.8 Å². The van der Waals surface area contributed by atoms with E-state index in [0.717, 1.165) is 22.6 Å². The van der Waals surface area contributed by atoms with Crippen LogP contribution < -0.4 is 15.5 Å². The first-order valence-electron chi connectivity index (χ1n) is 16.5. The van der Waals surface area contributed by atoms with Gasteiger partial charge in [-0.2, -0.15) is 0 Å². The predicted octanol–water partition coefficient (Wildman–Crippen LogP) is 8.24. The van der Waals surface area contributed by atoms with Gasteiger partial charge in [-0.1, -0.05) is 41.9 Å². The molecule has 3 aromatic carbocycles. The molecule has 10 nitrogen and oxygen atoms in total. The first-order chi connectivity index (χ1) is 25.3. The lowest BCUT2D eigenvalue weighted by molar-refractivity contribution is 0.0697. The number of aromatic hydroxyl groups is 1. The normalized spacial score (nSPS) is 11.3. The van der Waals surface area contributed by atoms with Gasteiger partial charge in [0.15, 0.2) is 0 Å². The molecule has 2 aliphatic rings. The van der Waals surface area contributed by atoms with Crippen LogP contribution in [0.3, 0.4) is 0 Å². The number of aromatic carboxylic acids is 1. The Bertz CT molecular complexity index is 2380. The first-order valence-corrected chi connectivity index (χ1v) is 16.8. The number of methoxy groups -OCH3 is 1. The van der Waals surface area contributed by atoms with E-state index < -0.39 is 11.4 Å². The summed E-state index contributed by atoms with van der Waals surface area (Å²) >= 11 is 6.30. The highest BCUT2D eigenvalue weighted by atomic mass is 35.5. The van der Waals surface area contributed by atoms with Gasteiger partial charge in [-0.15, -0.1) is 0 Å². The summed E-state index contributed by atoms with van der Waals surface area (Å²) in [6.07, 6.45) is 3.55. The number of phenolic OH excluding ortho intramolecular Hbond substituents is 1. The van der Waals surface area contributed by atoms with Crippen LogP contribution in [0.4, 0.5) is 5.69 Å². The fourth-order valence-corrected chi connectivity index (χ4v) is 6.55. The molecule has 1 aliphatic heterocycles. The van der Waals surface area contributed by atoms with Crippen molar-refractivity contribution in [1.82, 2.24) is 14.9 Å². The van der Waals surface area contributed by atoms with Gasteiger partial charge in [-0.25, -0.2) is 4.79 Å². The molecule has 0 amide bonds. The Labute approximate surface area is 303 Å². The number of pyridine rings is 2. The maximum atomic E-state index is 12.7. The second-order valence-electron chi connectivity index (χ2n) is 12.2. The number of nitrogens with one attached hydrogen (secondary N) is 1. The van der Waals surface area contributed by atoms with Crippen molar-refractivity contribution >= 4 is 34.2 Å². The number of rotatable bonds is 12. The van der Waals surface area contributed by atoms with Crippen molar-refractivity contribution in [2.45, 2.75) is 26.2 Å². The second kappa shape index (κ2) is 14.9. The zero-order chi connectivity index (χ0) is 36.2. The van der Waals surface area contributed by atoms with Crippen molar-refractivity contribution in [3.63, 3.8) is 0 Å². The molecule has 0 radical (unpaired) electrons. The summed E-state index contributed by atoms with van der Waals surface area (Å²) in [5.74, 6) is -0.274. The van der Waals surface area contributed by atoms with E-state index in [1.54, 1.807) is 49.8 Å². The van der Waals surface area contributed by atoms with Gasteiger partial charge in [0.05, 0.1) is 34.6 Å². The molecule has 0 fully saturated rings. The molecule has 5 aromatic rings. The molecule has 0 saturated carbocycles. The third-order valence-corrected chi connectivity index (χ3v) is 9.13. The van der Waals surface area contributed by atoms with E-state index in [9.17, 15) is 19.8 Å². The Hall–Kier alpha value is -6.23. The number of anilines is 1. The zero-order valence-electron chi connectivity index (χ0n) is 28.0. The lowest BCUT2D eigenvalue weighted by Crippen LogP contribution is -2.24. The summed E-state index contributed by atoms with van der Waals surface area (Å²) in [4.78, 5) is 36.4. The number of aromatic nitrogens is 2. The lowest BCUT2D eigenvalue weighted by atomic mass is 9.90. The van der Waals surface area contributed by atoms with Crippen molar-refractivity contribution in [2.24, 2.45) is 0 Å². The minimum Gasteiger partial charge on any atom is -0.507 e. The molecule has 3 heterocycles. The standard InChI is InChI=1S/C41H33ClN4O6/c1-51-28-12-14-35(25(18-28)22-46(23-26-8-4-6-16-43-26)24-27-9-5-7-17-44-27)45-21-33-36(47)15-13-31-39(29-10-2-3-11-30(29)41(49)50)32-19-34(42)37(48)20-38(32)52-40(31)33/h2-20,45,47H,21-24H2,1H3,(H,49,50). The predicted molar refractivity (Wildman–Crippen MR) is 200 cm³/mol. The SMILES string of the molecule is COc1ccc(NCc2c(O)ccc3c(-c4ccccc4C(=O)O)c4cc(Cl)c(=O)cc-4oc23)c(CN(Cc2ccccn2)Cc2ccccn2)c1. The molecule has 0 atom stereocenters. The summed E-state index contributed by atoms with van der Waals surface area (Å²) in [7, 11) is 1.62. The molecule has 0 bridgehead atoms. The number of fused-ring (bicyclic) bond motifs is 2. The Morgan fingerprint density at radius 1 is 0.865 bits per heavy atom. The van der Waals surface area contributed by atoms with Crippen LogP contribution in [0.1, 0.15) is 32.9 Å². The van der Waals surface area contributed by atoms with Crippen LogP contribution in [0, 0.1) is 0 Å². The molecule has 11 heteroatoms. The fraction of sp³-hybridized carbons (Fsp3) is 0.122. The highest BCUT2D eigenvalue weighted by Crippen LogP contribution is 2.44. The topological polar surface area (TPSA) is 138 Å². The zero-order valence-corrected chi connectivity index (χ0v) is 28.8. The van der Waals surface area contributed by atoms with Gasteiger partial charge in [0, 0.05) is 66.8 Å². The molecule has 0 spiro atoms. The summed E-state index contributed by atoms with van der Waals surface area (Å²) in [5.41, 5.74) is 5.25. The number of carbonyl (C=O) groups is 1. The molecule has 7 rings (SSSR count). The van der Waals surface area contributed by atoms with Crippen molar-refractivity contribution < 1.29 is 24.2 Å². The number of phenols is 1. The number of benzene rings is 4. The van der Waals surface area contributed by atoms with Crippen molar-refractivity contribution in [3.8, 4) is 33.9 Å². The molecule has 3 N–H and O–H groups in total. The van der Waals surface area contributed by atoms with Crippen LogP contribution in [0.2, 0.25) is 5.02 Å². The highest BCUT2D eigenvalue weighted by molar-refractivity contribution is 6.31. The van der Waals surface area contributed by atoms with E-state index in [1.807, 2.05) is 54.6 Å². The number of ether oxygens (including phenoxy) is 1. The summed E-state index contributed by atoms with van der Waals surface area (Å²) in [6.45, 7) is 1.76. The molecule has 52 heavy (non-hydrogen) atoms. The number of carboxylic acids is 1. The summed E-state index contributed by atoms with van der Waals surface area (Å²) in [6, 6.07) is 30.0. The molecule has 0 unspecified atom stereocenters. The molecule has 2 aromatic heterocycles. The fourth-order valence-electron chi connectivity index (χ4n) is 6.38. The van der Waals surface area contributed by atoms with Crippen LogP contribution in [0.25, 0.3) is 33.4 Å². The summed E-state index contributed by atoms with van der Waals surface area (Å²) < 4.78 is 12.0. The molecular formula is C41H33ClN4O6. The van der Waals surface area contributed by atoms with Crippen LogP contribution in [0.15, 0.2) is 125 Å².